The van der Waals surface area contributed by atoms with Gasteiger partial charge in [-0.15, -0.1) is 0 Å². The predicted molar refractivity (Wildman–Crippen MR) is 103 cm³/mol. The number of nitrogens with one attached hydrogen (secondary N) is 1. The first-order chi connectivity index (χ1) is 11.4. The summed E-state index contributed by atoms with van der Waals surface area (Å²) in [4.78, 5) is 14.7. The Morgan fingerprint density at radius 2 is 1.83 bits per heavy atom. The molecular weight excluding hydrogens is 364 g/mol. The Morgan fingerprint density at radius 1 is 1.17 bits per heavy atom. The van der Waals surface area contributed by atoms with Gasteiger partial charge in [-0.3, -0.25) is 9.69 Å². The van der Waals surface area contributed by atoms with Crippen molar-refractivity contribution < 1.29 is 4.79 Å². The Hall–Kier alpha value is -1.65. The normalized spacial score (nSPS) is 11.1. The number of carbonyl (C=O) groups excluding carboxylic acids is 1. The molecule has 0 atom stereocenters. The van der Waals surface area contributed by atoms with E-state index in [2.05, 4.69) is 59.2 Å². The standard InChI is InChI=1S/C20H25BrN2O/c1-14(2)23(4)13-17-8-6-5-7-16(17)12-22-20(24)19-10-9-18(21)11-15(19)3/h5-11,14H,12-13H2,1-4H3,(H,22,24). The van der Waals surface area contributed by atoms with E-state index in [1.807, 2.05) is 37.3 Å². The van der Waals surface area contributed by atoms with Gasteiger partial charge in [0.1, 0.15) is 0 Å². The van der Waals surface area contributed by atoms with E-state index in [1.54, 1.807) is 0 Å². The Kier molecular flexibility index (Phi) is 6.58. The third kappa shape index (κ3) is 4.92. The van der Waals surface area contributed by atoms with Gasteiger partial charge in [0.15, 0.2) is 0 Å². The number of aryl methyl sites for hydroxylation is 1. The Labute approximate surface area is 153 Å². The Morgan fingerprint density at radius 3 is 2.46 bits per heavy atom. The summed E-state index contributed by atoms with van der Waals surface area (Å²) in [6, 6.07) is 14.5. The first-order valence-corrected chi connectivity index (χ1v) is 8.99. The number of hydrogen-bond acceptors (Lipinski definition) is 2. The zero-order valence-corrected chi connectivity index (χ0v) is 16.4. The van der Waals surface area contributed by atoms with Crippen LogP contribution in [0, 0.1) is 6.92 Å². The zero-order chi connectivity index (χ0) is 17.7. The first-order valence-electron chi connectivity index (χ1n) is 8.20. The van der Waals surface area contributed by atoms with Crippen molar-refractivity contribution in [1.82, 2.24) is 10.2 Å². The maximum atomic E-state index is 12.5. The highest BCUT2D eigenvalue weighted by atomic mass is 79.9. The van der Waals surface area contributed by atoms with Crippen molar-refractivity contribution in [3.8, 4) is 0 Å². The summed E-state index contributed by atoms with van der Waals surface area (Å²) >= 11 is 3.43. The van der Waals surface area contributed by atoms with Gasteiger partial charge in [-0.05, 0) is 62.7 Å². The third-order valence-corrected chi connectivity index (χ3v) is 4.79. The van der Waals surface area contributed by atoms with E-state index >= 15 is 0 Å². The summed E-state index contributed by atoms with van der Waals surface area (Å²) in [5, 5.41) is 3.05. The summed E-state index contributed by atoms with van der Waals surface area (Å²) < 4.78 is 0.985. The number of benzene rings is 2. The molecule has 2 aromatic rings. The van der Waals surface area contributed by atoms with E-state index in [-0.39, 0.29) is 5.91 Å². The largest absolute Gasteiger partial charge is 0.348 e. The minimum Gasteiger partial charge on any atom is -0.348 e. The van der Waals surface area contributed by atoms with Crippen molar-refractivity contribution in [2.45, 2.75) is 39.9 Å². The zero-order valence-electron chi connectivity index (χ0n) is 14.8. The summed E-state index contributed by atoms with van der Waals surface area (Å²) in [5.74, 6) is -0.0352. The second-order valence-electron chi connectivity index (χ2n) is 6.42. The van der Waals surface area contributed by atoms with E-state index in [9.17, 15) is 4.79 Å². The van der Waals surface area contributed by atoms with Crippen LogP contribution in [0.2, 0.25) is 0 Å². The van der Waals surface area contributed by atoms with Gasteiger partial charge in [-0.25, -0.2) is 0 Å². The van der Waals surface area contributed by atoms with E-state index in [0.29, 0.717) is 12.6 Å². The van der Waals surface area contributed by atoms with Gasteiger partial charge in [0.25, 0.3) is 5.91 Å². The lowest BCUT2D eigenvalue weighted by Crippen LogP contribution is -2.28. The smallest absolute Gasteiger partial charge is 0.251 e. The van der Waals surface area contributed by atoms with Crippen LogP contribution in [0.3, 0.4) is 0 Å². The number of amides is 1. The van der Waals surface area contributed by atoms with Gasteiger partial charge in [0.2, 0.25) is 0 Å². The molecule has 2 rings (SSSR count). The van der Waals surface area contributed by atoms with Crippen LogP contribution in [-0.4, -0.2) is 23.9 Å². The lowest BCUT2D eigenvalue weighted by atomic mass is 10.1. The molecule has 1 amide bonds. The lowest BCUT2D eigenvalue weighted by molar-refractivity contribution is 0.0950. The van der Waals surface area contributed by atoms with Gasteiger partial charge in [0, 0.05) is 29.2 Å². The minimum absolute atomic E-state index is 0.0352. The molecule has 0 saturated heterocycles. The van der Waals surface area contributed by atoms with Gasteiger partial charge >= 0.3 is 0 Å². The van der Waals surface area contributed by atoms with Gasteiger partial charge in [-0.1, -0.05) is 40.2 Å². The van der Waals surface area contributed by atoms with Crippen LogP contribution >= 0.6 is 15.9 Å². The van der Waals surface area contributed by atoms with Crippen molar-refractivity contribution >= 4 is 21.8 Å². The highest BCUT2D eigenvalue weighted by Crippen LogP contribution is 2.17. The Bertz CT molecular complexity index is 713. The number of hydrogen-bond donors (Lipinski definition) is 1. The SMILES string of the molecule is Cc1cc(Br)ccc1C(=O)NCc1ccccc1CN(C)C(C)C. The lowest BCUT2D eigenvalue weighted by Gasteiger charge is -2.22. The highest BCUT2D eigenvalue weighted by Gasteiger charge is 2.11. The predicted octanol–water partition coefficient (Wildman–Crippen LogP) is 4.53. The van der Waals surface area contributed by atoms with Crippen LogP contribution in [0.4, 0.5) is 0 Å². The minimum atomic E-state index is -0.0352. The van der Waals surface area contributed by atoms with Crippen molar-refractivity contribution in [1.29, 1.82) is 0 Å². The molecule has 24 heavy (non-hydrogen) atoms. The van der Waals surface area contributed by atoms with Gasteiger partial charge in [0.05, 0.1) is 0 Å². The van der Waals surface area contributed by atoms with Gasteiger partial charge in [-0.2, -0.15) is 0 Å². The van der Waals surface area contributed by atoms with Crippen LogP contribution < -0.4 is 5.32 Å². The third-order valence-electron chi connectivity index (χ3n) is 4.29. The molecule has 0 saturated carbocycles. The summed E-state index contributed by atoms with van der Waals surface area (Å²) in [6.07, 6.45) is 0. The molecule has 0 aliphatic carbocycles. The van der Waals surface area contributed by atoms with Crippen molar-refractivity contribution in [3.63, 3.8) is 0 Å². The van der Waals surface area contributed by atoms with Gasteiger partial charge < -0.3 is 5.32 Å². The van der Waals surface area contributed by atoms with Crippen molar-refractivity contribution in [3.05, 3.63) is 69.2 Å². The molecule has 0 heterocycles. The fourth-order valence-electron chi connectivity index (χ4n) is 2.49. The number of rotatable bonds is 6. The topological polar surface area (TPSA) is 32.3 Å². The molecule has 0 bridgehead atoms. The second kappa shape index (κ2) is 8.45. The maximum absolute atomic E-state index is 12.5. The van der Waals surface area contributed by atoms with Crippen molar-refractivity contribution in [2.75, 3.05) is 7.05 Å². The molecule has 2 aromatic carbocycles. The molecule has 4 heteroatoms. The van der Waals surface area contributed by atoms with E-state index in [4.69, 9.17) is 0 Å². The molecule has 128 valence electrons. The van der Waals surface area contributed by atoms with E-state index in [0.717, 1.165) is 27.7 Å². The molecule has 0 unspecified atom stereocenters. The molecule has 1 N–H and O–H groups in total. The quantitative estimate of drug-likeness (QED) is 0.788. The summed E-state index contributed by atoms with van der Waals surface area (Å²) in [6.45, 7) is 7.73. The molecule has 0 aliphatic heterocycles. The average molecular weight is 389 g/mol. The van der Waals surface area contributed by atoms with Crippen LogP contribution in [0.1, 0.15) is 40.9 Å². The van der Waals surface area contributed by atoms with Crippen molar-refractivity contribution in [2.24, 2.45) is 0 Å². The number of nitrogens with zero attached hydrogens (tertiary/aromatic N) is 1. The molecular formula is C20H25BrN2O. The monoisotopic (exact) mass is 388 g/mol. The fraction of sp³-hybridized carbons (Fsp3) is 0.350. The number of halogens is 1. The molecule has 3 nitrogen and oxygen atoms in total. The van der Waals surface area contributed by atoms with Crippen LogP contribution in [0.25, 0.3) is 0 Å². The molecule has 0 fully saturated rings. The molecule has 0 aliphatic rings. The van der Waals surface area contributed by atoms with E-state index < -0.39 is 0 Å². The summed E-state index contributed by atoms with van der Waals surface area (Å²) in [7, 11) is 2.12. The molecule has 0 spiro atoms. The molecule has 0 radical (unpaired) electrons. The fourth-order valence-corrected chi connectivity index (χ4v) is 2.96. The highest BCUT2D eigenvalue weighted by molar-refractivity contribution is 9.10. The van der Waals surface area contributed by atoms with Crippen LogP contribution in [0.5, 0.6) is 0 Å². The van der Waals surface area contributed by atoms with Crippen LogP contribution in [0.15, 0.2) is 46.9 Å². The molecule has 0 aromatic heterocycles. The Balaban J connectivity index is 2.07. The maximum Gasteiger partial charge on any atom is 0.251 e. The van der Waals surface area contributed by atoms with Crippen LogP contribution in [-0.2, 0) is 13.1 Å². The second-order valence-corrected chi connectivity index (χ2v) is 7.34. The average Bonchev–Trinajstić information content (AvgIpc) is 2.53. The number of carbonyl (C=O) groups is 1. The first kappa shape index (κ1) is 18.7. The summed E-state index contributed by atoms with van der Waals surface area (Å²) in [5.41, 5.74) is 4.10. The van der Waals surface area contributed by atoms with E-state index in [1.165, 1.54) is 5.56 Å².